The molecular formula is C11H8N2O5S. The van der Waals surface area contributed by atoms with Crippen molar-refractivity contribution >= 4 is 39.0 Å². The number of esters is 1. The second kappa shape index (κ2) is 5.02. The van der Waals surface area contributed by atoms with Gasteiger partial charge in [0.1, 0.15) is 4.88 Å². The summed E-state index contributed by atoms with van der Waals surface area (Å²) in [6.45, 7) is -0.493. The van der Waals surface area contributed by atoms with Crippen LogP contribution in [0.4, 0.5) is 5.69 Å². The number of amides is 1. The highest BCUT2D eigenvalue weighted by Crippen LogP contribution is 2.29. The lowest BCUT2D eigenvalue weighted by Crippen LogP contribution is -2.20. The Morgan fingerprint density at radius 1 is 1.37 bits per heavy atom. The number of benzene rings is 1. The van der Waals surface area contributed by atoms with E-state index in [2.05, 4.69) is 4.74 Å². The van der Waals surface area contributed by atoms with Crippen molar-refractivity contribution in [2.75, 3.05) is 6.61 Å². The second-order valence-electron chi connectivity index (χ2n) is 3.63. The van der Waals surface area contributed by atoms with Crippen LogP contribution >= 0.6 is 11.3 Å². The third-order valence-electron chi connectivity index (χ3n) is 2.26. The van der Waals surface area contributed by atoms with Crippen LogP contribution in [0.1, 0.15) is 9.67 Å². The summed E-state index contributed by atoms with van der Waals surface area (Å²) < 4.78 is 5.38. The van der Waals surface area contributed by atoms with Crippen molar-refractivity contribution in [1.82, 2.24) is 0 Å². The van der Waals surface area contributed by atoms with E-state index in [0.717, 1.165) is 16.0 Å². The van der Waals surface area contributed by atoms with Gasteiger partial charge in [0.15, 0.2) is 6.61 Å². The number of non-ortho nitro benzene ring substituents is 1. The zero-order valence-electron chi connectivity index (χ0n) is 9.49. The number of fused-ring (bicyclic) bond motifs is 1. The predicted molar refractivity (Wildman–Crippen MR) is 68.0 cm³/mol. The van der Waals surface area contributed by atoms with Crippen LogP contribution < -0.4 is 5.73 Å². The Bertz CT molecular complexity index is 679. The highest BCUT2D eigenvalue weighted by Gasteiger charge is 2.14. The number of nitrogens with two attached hydrogens (primary N) is 1. The molecule has 0 fully saturated rings. The lowest BCUT2D eigenvalue weighted by Gasteiger charge is -1.97. The van der Waals surface area contributed by atoms with Crippen LogP contribution in [0.5, 0.6) is 0 Å². The molecule has 0 saturated heterocycles. The molecule has 0 aliphatic heterocycles. The summed E-state index contributed by atoms with van der Waals surface area (Å²) in [4.78, 5) is 32.5. The van der Waals surface area contributed by atoms with Gasteiger partial charge in [-0.1, -0.05) is 0 Å². The molecule has 2 rings (SSSR count). The lowest BCUT2D eigenvalue weighted by molar-refractivity contribution is -0.384. The second-order valence-corrected chi connectivity index (χ2v) is 4.72. The zero-order valence-corrected chi connectivity index (χ0v) is 10.3. The Balaban J connectivity index is 2.28. The van der Waals surface area contributed by atoms with Crippen LogP contribution in [-0.4, -0.2) is 23.4 Å². The fourth-order valence-corrected chi connectivity index (χ4v) is 2.39. The maximum Gasteiger partial charge on any atom is 0.348 e. The molecule has 0 saturated carbocycles. The Kier molecular flexibility index (Phi) is 3.43. The molecule has 2 aromatic rings. The maximum absolute atomic E-state index is 11.6. The van der Waals surface area contributed by atoms with E-state index in [9.17, 15) is 19.7 Å². The van der Waals surface area contributed by atoms with Gasteiger partial charge in [-0.3, -0.25) is 14.9 Å². The van der Waals surface area contributed by atoms with Crippen molar-refractivity contribution in [3.05, 3.63) is 39.3 Å². The van der Waals surface area contributed by atoms with E-state index in [1.165, 1.54) is 18.2 Å². The lowest BCUT2D eigenvalue weighted by atomic mass is 10.2. The number of hydrogen-bond donors (Lipinski definition) is 1. The number of thiophene rings is 1. The molecule has 0 aliphatic carbocycles. The first-order valence-electron chi connectivity index (χ1n) is 5.11. The van der Waals surface area contributed by atoms with Crippen LogP contribution in [0, 0.1) is 10.1 Å². The van der Waals surface area contributed by atoms with Crippen molar-refractivity contribution in [3.63, 3.8) is 0 Å². The van der Waals surface area contributed by atoms with E-state index in [1.807, 2.05) is 0 Å². The number of primary amides is 1. The third kappa shape index (κ3) is 2.86. The molecule has 0 spiro atoms. The monoisotopic (exact) mass is 280 g/mol. The molecule has 98 valence electrons. The Labute approximate surface area is 110 Å². The molecular weight excluding hydrogens is 272 g/mol. The van der Waals surface area contributed by atoms with Crippen molar-refractivity contribution in [3.8, 4) is 0 Å². The Morgan fingerprint density at radius 3 is 2.74 bits per heavy atom. The largest absolute Gasteiger partial charge is 0.451 e. The summed E-state index contributed by atoms with van der Waals surface area (Å²) in [6.07, 6.45) is 0. The molecule has 1 aromatic heterocycles. The van der Waals surface area contributed by atoms with Crippen LogP contribution in [0.2, 0.25) is 0 Å². The summed E-state index contributed by atoms with van der Waals surface area (Å²) in [6, 6.07) is 5.77. The number of nitrogens with zero attached hydrogens (tertiary/aromatic N) is 1. The fourth-order valence-electron chi connectivity index (χ4n) is 1.45. The van der Waals surface area contributed by atoms with Gasteiger partial charge in [-0.05, 0) is 12.1 Å². The molecule has 0 atom stereocenters. The summed E-state index contributed by atoms with van der Waals surface area (Å²) in [5.74, 6) is -1.42. The number of nitro groups is 1. The van der Waals surface area contributed by atoms with E-state index >= 15 is 0 Å². The van der Waals surface area contributed by atoms with E-state index in [-0.39, 0.29) is 10.6 Å². The molecule has 7 nitrogen and oxygen atoms in total. The minimum atomic E-state index is -0.745. The molecule has 8 heteroatoms. The van der Waals surface area contributed by atoms with E-state index in [0.29, 0.717) is 5.39 Å². The average Bonchev–Trinajstić information content (AvgIpc) is 2.78. The number of hydrogen-bond acceptors (Lipinski definition) is 6. The first-order valence-corrected chi connectivity index (χ1v) is 5.92. The molecule has 1 amide bonds. The molecule has 0 unspecified atom stereocenters. The van der Waals surface area contributed by atoms with Gasteiger partial charge < -0.3 is 10.5 Å². The van der Waals surface area contributed by atoms with Crippen molar-refractivity contribution in [1.29, 1.82) is 0 Å². The Hall–Kier alpha value is -2.48. The quantitative estimate of drug-likeness (QED) is 0.517. The van der Waals surface area contributed by atoms with E-state index in [4.69, 9.17) is 5.73 Å². The maximum atomic E-state index is 11.6. The summed E-state index contributed by atoms with van der Waals surface area (Å²) in [7, 11) is 0. The van der Waals surface area contributed by atoms with Crippen LogP contribution in [0.3, 0.4) is 0 Å². The van der Waals surface area contributed by atoms with Gasteiger partial charge in [-0.15, -0.1) is 11.3 Å². The van der Waals surface area contributed by atoms with Gasteiger partial charge in [0, 0.05) is 22.2 Å². The van der Waals surface area contributed by atoms with Gasteiger partial charge in [0.25, 0.3) is 11.6 Å². The fraction of sp³-hybridized carbons (Fsp3) is 0.0909. The normalized spacial score (nSPS) is 10.3. The molecule has 0 radical (unpaired) electrons. The van der Waals surface area contributed by atoms with Crippen LogP contribution in [0.25, 0.3) is 10.1 Å². The summed E-state index contributed by atoms with van der Waals surface area (Å²) in [5.41, 5.74) is 4.81. The number of rotatable bonds is 4. The number of nitro benzene ring substituents is 1. The highest BCUT2D eigenvalue weighted by atomic mass is 32.1. The SMILES string of the molecule is NC(=O)COC(=O)c1cc2cc([N+](=O)[O-])ccc2s1. The first kappa shape index (κ1) is 13.0. The van der Waals surface area contributed by atoms with Crippen molar-refractivity contribution in [2.45, 2.75) is 0 Å². The van der Waals surface area contributed by atoms with Crippen molar-refractivity contribution < 1.29 is 19.2 Å². The van der Waals surface area contributed by atoms with Gasteiger partial charge in [-0.2, -0.15) is 0 Å². The van der Waals surface area contributed by atoms with Gasteiger partial charge in [0.05, 0.1) is 4.92 Å². The van der Waals surface area contributed by atoms with Gasteiger partial charge in [0.2, 0.25) is 0 Å². The molecule has 0 bridgehead atoms. The van der Waals surface area contributed by atoms with Gasteiger partial charge >= 0.3 is 5.97 Å². The number of carbonyl (C=O) groups is 2. The molecule has 0 aliphatic rings. The highest BCUT2D eigenvalue weighted by molar-refractivity contribution is 7.20. The number of carbonyl (C=O) groups excluding carboxylic acids is 2. The van der Waals surface area contributed by atoms with E-state index < -0.39 is 23.4 Å². The minimum absolute atomic E-state index is 0.0534. The van der Waals surface area contributed by atoms with Gasteiger partial charge in [-0.25, -0.2) is 4.79 Å². The molecule has 1 aromatic carbocycles. The topological polar surface area (TPSA) is 113 Å². The van der Waals surface area contributed by atoms with Crippen molar-refractivity contribution in [2.24, 2.45) is 5.73 Å². The molecule has 2 N–H and O–H groups in total. The minimum Gasteiger partial charge on any atom is -0.451 e. The third-order valence-corrected chi connectivity index (χ3v) is 3.35. The zero-order chi connectivity index (χ0) is 14.0. The predicted octanol–water partition coefficient (Wildman–Crippen LogP) is 1.45. The van der Waals surface area contributed by atoms with Crippen LogP contribution in [-0.2, 0) is 9.53 Å². The standard InChI is InChI=1S/C11H8N2O5S/c12-10(14)5-18-11(15)9-4-6-3-7(13(16)17)1-2-8(6)19-9/h1-4H,5H2,(H2,12,14). The smallest absolute Gasteiger partial charge is 0.348 e. The molecule has 1 heterocycles. The summed E-state index contributed by atoms with van der Waals surface area (Å²) >= 11 is 1.13. The first-order chi connectivity index (χ1) is 8.97. The average molecular weight is 280 g/mol. The molecule has 19 heavy (non-hydrogen) atoms. The number of ether oxygens (including phenoxy) is 1. The Morgan fingerprint density at radius 2 is 2.11 bits per heavy atom. The van der Waals surface area contributed by atoms with E-state index in [1.54, 1.807) is 6.07 Å². The summed E-state index contributed by atoms with van der Waals surface area (Å²) in [5, 5.41) is 11.2. The van der Waals surface area contributed by atoms with Crippen LogP contribution in [0.15, 0.2) is 24.3 Å².